The van der Waals surface area contributed by atoms with E-state index in [2.05, 4.69) is 57.9 Å². The van der Waals surface area contributed by atoms with E-state index in [1.165, 1.54) is 0 Å². The molecule has 0 aromatic rings. The van der Waals surface area contributed by atoms with Crippen LogP contribution in [0.25, 0.3) is 0 Å². The van der Waals surface area contributed by atoms with Crippen LogP contribution in [0.4, 0.5) is 0 Å². The summed E-state index contributed by atoms with van der Waals surface area (Å²) in [5.74, 6) is -7.23. The highest BCUT2D eigenvalue weighted by molar-refractivity contribution is 5.90. The van der Waals surface area contributed by atoms with E-state index in [4.69, 9.17) is 19.7 Å². The van der Waals surface area contributed by atoms with Gasteiger partial charge < -0.3 is 51.3 Å². The van der Waals surface area contributed by atoms with Gasteiger partial charge in [-0.25, -0.2) is 28.8 Å². The molecule has 0 spiro atoms. The molecule has 256 valence electrons. The molecule has 0 aromatic heterocycles. The Kier molecular flexibility index (Phi) is 21.5. The number of amides is 2. The molecule has 46 heavy (non-hydrogen) atoms. The van der Waals surface area contributed by atoms with Crippen LogP contribution < -0.4 is 22.1 Å². The zero-order valence-electron chi connectivity index (χ0n) is 25.7. The largest absolute Gasteiger partial charge is 0.480 e. The molecule has 0 bridgehead atoms. The lowest BCUT2D eigenvalue weighted by Crippen LogP contribution is -2.70. The smallest absolute Gasteiger partial charge is 0.333 e. The van der Waals surface area contributed by atoms with Crippen LogP contribution in [-0.4, -0.2) is 108 Å². The van der Waals surface area contributed by atoms with E-state index in [0.717, 1.165) is 12.2 Å². The second kappa shape index (κ2) is 23.1. The predicted octanol–water partition coefficient (Wildman–Crippen LogP) is -3.19. The van der Waals surface area contributed by atoms with Crippen LogP contribution in [0.15, 0.2) is 49.6 Å². The molecule has 0 aliphatic heterocycles. The minimum Gasteiger partial charge on any atom is -0.480 e. The summed E-state index contributed by atoms with van der Waals surface area (Å²) >= 11 is 0. The van der Waals surface area contributed by atoms with Crippen LogP contribution in [0.2, 0.25) is 0 Å². The molecular formula is C28H42N4O14+2. The standard InChI is InChI=1S/C16H24N2O7.C12H16N2O7/c1-5-9(3)15(22)24-7-11(17)13(19)18-12(14(20)21)8-25-16(23)10(4)6-2;1-3-9(15)20-5-7(13)11(17)14-8(12(18)19)6-21-10(16)4-2/h11-12H,3-8,17H2,1-2H3,(H,18,19)(H,20,21);3-4,7-8H,1-2,5-6,13H2,(H,14,17)(H,18,19)/p+2/t11-,12-;7-,8-/m00/s1. The molecule has 0 aliphatic rings. The van der Waals surface area contributed by atoms with Crippen molar-refractivity contribution < 1.29 is 79.0 Å². The first-order valence-corrected chi connectivity index (χ1v) is 13.5. The summed E-state index contributed by atoms with van der Waals surface area (Å²) in [4.78, 5) is 90.3. The SMILES string of the molecule is C=C(CC)C(=O)OC[C@H](NC(=O)[C@@H]([NH3+])COC(=O)C(=C)CC)C(=O)O.C=CC(=O)OC[C@H](NC(=O)[C@@H]([NH3+])COC(=O)C=C)C(=O)O. The Morgan fingerprint density at radius 1 is 0.630 bits per heavy atom. The zero-order chi connectivity index (χ0) is 36.0. The number of aliphatic carboxylic acids is 2. The molecular weight excluding hydrogens is 616 g/mol. The number of hydrogen-bond acceptors (Lipinski definition) is 12. The van der Waals surface area contributed by atoms with E-state index in [1.54, 1.807) is 13.8 Å². The number of hydrogen-bond donors (Lipinski definition) is 6. The minimum atomic E-state index is -1.45. The van der Waals surface area contributed by atoms with Gasteiger partial charge in [-0.2, -0.15) is 0 Å². The Balaban J connectivity index is 0. The molecule has 4 atom stereocenters. The number of carbonyl (C=O) groups is 8. The summed E-state index contributed by atoms with van der Waals surface area (Å²) < 4.78 is 18.8. The molecule has 0 saturated heterocycles. The number of esters is 4. The molecule has 0 aromatic carbocycles. The number of rotatable bonds is 20. The monoisotopic (exact) mass is 658 g/mol. The average molecular weight is 659 g/mol. The van der Waals surface area contributed by atoms with E-state index < -0.39 is 85.0 Å². The van der Waals surface area contributed by atoms with Crippen LogP contribution in [0.3, 0.4) is 0 Å². The van der Waals surface area contributed by atoms with E-state index in [-0.39, 0.29) is 24.4 Å². The van der Waals surface area contributed by atoms with Crippen molar-refractivity contribution in [1.82, 2.24) is 10.6 Å². The van der Waals surface area contributed by atoms with Gasteiger partial charge in [-0.3, -0.25) is 9.59 Å². The molecule has 18 heteroatoms. The summed E-state index contributed by atoms with van der Waals surface area (Å²) in [6.07, 6.45) is 2.54. The first-order chi connectivity index (χ1) is 21.4. The van der Waals surface area contributed by atoms with Gasteiger partial charge in [0.2, 0.25) is 0 Å². The molecule has 0 radical (unpaired) electrons. The second-order valence-electron chi connectivity index (χ2n) is 8.97. The third-order valence-corrected chi connectivity index (χ3v) is 5.35. The Morgan fingerprint density at radius 3 is 1.26 bits per heavy atom. The highest BCUT2D eigenvalue weighted by atomic mass is 16.5. The van der Waals surface area contributed by atoms with E-state index >= 15 is 0 Å². The Bertz CT molecular complexity index is 1180. The molecule has 18 nitrogen and oxygen atoms in total. The van der Waals surface area contributed by atoms with Gasteiger partial charge in [-0.1, -0.05) is 40.2 Å². The molecule has 0 saturated carbocycles. The fourth-order valence-corrected chi connectivity index (χ4v) is 2.37. The van der Waals surface area contributed by atoms with Gasteiger partial charge in [-0.05, 0) is 12.8 Å². The van der Waals surface area contributed by atoms with Crippen LogP contribution in [0, 0.1) is 0 Å². The number of quaternary nitrogens is 2. The molecule has 0 aliphatic carbocycles. The van der Waals surface area contributed by atoms with Crippen molar-refractivity contribution >= 4 is 47.6 Å². The summed E-state index contributed by atoms with van der Waals surface area (Å²) in [5, 5.41) is 22.3. The van der Waals surface area contributed by atoms with Gasteiger partial charge in [0.15, 0.2) is 37.4 Å². The van der Waals surface area contributed by atoms with Crippen molar-refractivity contribution in [3.63, 3.8) is 0 Å². The molecule has 0 rings (SSSR count). The van der Waals surface area contributed by atoms with Crippen LogP contribution in [0.1, 0.15) is 26.7 Å². The zero-order valence-corrected chi connectivity index (χ0v) is 25.7. The van der Waals surface area contributed by atoms with E-state index in [1.807, 2.05) is 0 Å². The molecule has 0 fully saturated rings. The van der Waals surface area contributed by atoms with E-state index in [9.17, 15) is 38.4 Å². The fraction of sp³-hybridized carbons (Fsp3) is 0.429. The Labute approximate surface area is 264 Å². The minimum absolute atomic E-state index is 0.188. The van der Waals surface area contributed by atoms with Crippen molar-refractivity contribution in [2.75, 3.05) is 26.4 Å². The van der Waals surface area contributed by atoms with Crippen molar-refractivity contribution in [2.24, 2.45) is 0 Å². The van der Waals surface area contributed by atoms with Gasteiger partial charge in [0.25, 0.3) is 11.8 Å². The fourth-order valence-electron chi connectivity index (χ4n) is 2.37. The molecule has 0 heterocycles. The van der Waals surface area contributed by atoms with Crippen molar-refractivity contribution in [1.29, 1.82) is 0 Å². The summed E-state index contributed by atoms with van der Waals surface area (Å²) in [5.41, 5.74) is 7.38. The summed E-state index contributed by atoms with van der Waals surface area (Å²) in [7, 11) is 0. The molecule has 0 unspecified atom stereocenters. The highest BCUT2D eigenvalue weighted by Crippen LogP contribution is 2.02. The summed E-state index contributed by atoms with van der Waals surface area (Å²) in [6.45, 7) is 14.9. The lowest BCUT2D eigenvalue weighted by molar-refractivity contribution is -0.409. The number of carbonyl (C=O) groups excluding carboxylic acids is 6. The quantitative estimate of drug-likeness (QED) is 0.0427. The third-order valence-electron chi connectivity index (χ3n) is 5.35. The average Bonchev–Trinajstić information content (AvgIpc) is 3.03. The molecule has 2 amide bonds. The molecule has 10 N–H and O–H groups in total. The maximum absolute atomic E-state index is 11.9. The lowest BCUT2D eigenvalue weighted by Gasteiger charge is -2.16. The number of carboxylic acid groups (broad SMARTS) is 2. The van der Waals surface area contributed by atoms with Crippen LogP contribution in [-0.2, 0) is 57.3 Å². The van der Waals surface area contributed by atoms with Gasteiger partial charge >= 0.3 is 35.8 Å². The second-order valence-corrected chi connectivity index (χ2v) is 8.97. The maximum atomic E-state index is 11.9. The summed E-state index contributed by atoms with van der Waals surface area (Å²) in [6, 6.07) is -4.95. The Morgan fingerprint density at radius 2 is 0.935 bits per heavy atom. The predicted molar refractivity (Wildman–Crippen MR) is 156 cm³/mol. The van der Waals surface area contributed by atoms with Gasteiger partial charge in [0.1, 0.15) is 13.2 Å². The maximum Gasteiger partial charge on any atom is 0.333 e. The van der Waals surface area contributed by atoms with Crippen LogP contribution >= 0.6 is 0 Å². The highest BCUT2D eigenvalue weighted by Gasteiger charge is 2.28. The van der Waals surface area contributed by atoms with Gasteiger partial charge in [0.05, 0.1) is 0 Å². The van der Waals surface area contributed by atoms with Crippen molar-refractivity contribution in [3.8, 4) is 0 Å². The topological polar surface area (TPSA) is 293 Å². The van der Waals surface area contributed by atoms with Crippen molar-refractivity contribution in [3.05, 3.63) is 49.6 Å². The first-order valence-electron chi connectivity index (χ1n) is 13.5. The van der Waals surface area contributed by atoms with Gasteiger partial charge in [0, 0.05) is 23.3 Å². The Hall–Kier alpha value is -5.36. The van der Waals surface area contributed by atoms with Gasteiger partial charge in [-0.15, -0.1) is 0 Å². The van der Waals surface area contributed by atoms with Crippen molar-refractivity contribution in [2.45, 2.75) is 50.9 Å². The lowest BCUT2D eigenvalue weighted by atomic mass is 10.2. The number of nitrogens with one attached hydrogen (secondary N) is 2. The van der Waals surface area contributed by atoms with E-state index in [0.29, 0.717) is 12.8 Å². The third kappa shape index (κ3) is 18.3. The normalized spacial score (nSPS) is 12.4. The van der Waals surface area contributed by atoms with Crippen LogP contribution in [0.5, 0.6) is 0 Å². The number of ether oxygens (including phenoxy) is 4. The number of carboxylic acids is 2. The first kappa shape index (κ1) is 42.8.